The first-order valence-corrected chi connectivity index (χ1v) is 6.60. The van der Waals surface area contributed by atoms with Crippen molar-refractivity contribution in [3.8, 4) is 6.07 Å². The Balaban J connectivity index is 2.13. The second-order valence-electron chi connectivity index (χ2n) is 6.01. The lowest BCUT2D eigenvalue weighted by molar-refractivity contribution is 0.222. The van der Waals surface area contributed by atoms with Gasteiger partial charge in [0.1, 0.15) is 6.07 Å². The van der Waals surface area contributed by atoms with Gasteiger partial charge in [0.05, 0.1) is 17.4 Å². The van der Waals surface area contributed by atoms with Gasteiger partial charge in [0.25, 0.3) is 0 Å². The van der Waals surface area contributed by atoms with E-state index in [1.807, 2.05) is 0 Å². The summed E-state index contributed by atoms with van der Waals surface area (Å²) >= 11 is 0. The van der Waals surface area contributed by atoms with Crippen LogP contribution in [0.25, 0.3) is 0 Å². The molecule has 3 heteroatoms. The summed E-state index contributed by atoms with van der Waals surface area (Å²) in [5.74, 6) is 0. The fourth-order valence-electron chi connectivity index (χ4n) is 2.73. The molecule has 1 heterocycles. The van der Waals surface area contributed by atoms with E-state index in [-0.39, 0.29) is 0 Å². The first kappa shape index (κ1) is 12.9. The summed E-state index contributed by atoms with van der Waals surface area (Å²) in [7, 11) is 2.08. The second kappa shape index (κ2) is 4.97. The van der Waals surface area contributed by atoms with E-state index in [1.165, 1.54) is 25.7 Å². The molecule has 0 radical (unpaired) electrons. The molecule has 0 aliphatic heterocycles. The maximum atomic E-state index is 9.14. The van der Waals surface area contributed by atoms with Gasteiger partial charge < -0.3 is 4.90 Å². The van der Waals surface area contributed by atoms with Gasteiger partial charge in [0, 0.05) is 19.3 Å². The summed E-state index contributed by atoms with van der Waals surface area (Å²) in [6, 6.07) is 4.58. The minimum absolute atomic E-state index is 0.477. The van der Waals surface area contributed by atoms with Crippen molar-refractivity contribution in [1.82, 2.24) is 4.98 Å². The molecule has 3 nitrogen and oxygen atoms in total. The molecule has 0 amide bonds. The fraction of sp³-hybridized carbons (Fsp3) is 0.600. The van der Waals surface area contributed by atoms with Crippen LogP contribution in [0.3, 0.4) is 0 Å². The van der Waals surface area contributed by atoms with Gasteiger partial charge in [0.2, 0.25) is 0 Å². The number of aromatic nitrogens is 1. The van der Waals surface area contributed by atoms with E-state index in [0.29, 0.717) is 11.5 Å². The van der Waals surface area contributed by atoms with Crippen LogP contribution >= 0.6 is 0 Å². The molecule has 0 N–H and O–H groups in total. The lowest BCUT2D eigenvalue weighted by Gasteiger charge is -2.39. The zero-order chi connectivity index (χ0) is 13.2. The molecular weight excluding hydrogens is 222 g/mol. The monoisotopic (exact) mass is 243 g/mol. The van der Waals surface area contributed by atoms with Gasteiger partial charge in [0.15, 0.2) is 0 Å². The van der Waals surface area contributed by atoms with E-state index in [4.69, 9.17) is 5.26 Å². The highest BCUT2D eigenvalue weighted by Crippen LogP contribution is 2.37. The second-order valence-corrected chi connectivity index (χ2v) is 6.01. The van der Waals surface area contributed by atoms with Crippen molar-refractivity contribution in [2.45, 2.75) is 45.6 Å². The van der Waals surface area contributed by atoms with Crippen LogP contribution in [-0.4, -0.2) is 18.1 Å². The number of anilines is 1. The molecule has 96 valence electrons. The van der Waals surface area contributed by atoms with Gasteiger partial charge in [-0.3, -0.25) is 4.98 Å². The summed E-state index contributed by atoms with van der Waals surface area (Å²) in [6.07, 6.45) is 8.39. The molecule has 1 fully saturated rings. The lowest BCUT2D eigenvalue weighted by Crippen LogP contribution is -2.37. The molecule has 0 unspecified atom stereocenters. The van der Waals surface area contributed by atoms with Crippen molar-refractivity contribution >= 4 is 5.69 Å². The van der Waals surface area contributed by atoms with Gasteiger partial charge in [-0.15, -0.1) is 0 Å². The average molecular weight is 243 g/mol. The maximum absolute atomic E-state index is 9.14. The van der Waals surface area contributed by atoms with Crippen LogP contribution in [0.2, 0.25) is 0 Å². The molecule has 0 atom stereocenters. The fourth-order valence-corrected chi connectivity index (χ4v) is 2.73. The number of hydrogen-bond acceptors (Lipinski definition) is 3. The van der Waals surface area contributed by atoms with Crippen molar-refractivity contribution in [2.75, 3.05) is 11.9 Å². The largest absolute Gasteiger partial charge is 0.369 e. The van der Waals surface area contributed by atoms with Gasteiger partial charge >= 0.3 is 0 Å². The topological polar surface area (TPSA) is 39.9 Å². The van der Waals surface area contributed by atoms with Crippen LogP contribution in [0.5, 0.6) is 0 Å². The van der Waals surface area contributed by atoms with E-state index in [1.54, 1.807) is 18.5 Å². The Labute approximate surface area is 109 Å². The summed E-state index contributed by atoms with van der Waals surface area (Å²) < 4.78 is 0. The third kappa shape index (κ3) is 2.64. The zero-order valence-corrected chi connectivity index (χ0v) is 11.5. The van der Waals surface area contributed by atoms with Crippen molar-refractivity contribution in [3.63, 3.8) is 0 Å². The first-order valence-electron chi connectivity index (χ1n) is 6.60. The number of nitrogens with zero attached hydrogens (tertiary/aromatic N) is 3. The van der Waals surface area contributed by atoms with Gasteiger partial charge in [-0.05, 0) is 37.2 Å². The molecule has 0 aromatic carbocycles. The highest BCUT2D eigenvalue weighted by molar-refractivity contribution is 5.57. The normalized spacial score (nSPS) is 19.2. The Hall–Kier alpha value is -1.56. The quantitative estimate of drug-likeness (QED) is 0.799. The van der Waals surface area contributed by atoms with E-state index in [0.717, 1.165) is 11.3 Å². The summed E-state index contributed by atoms with van der Waals surface area (Å²) in [6.45, 7) is 4.68. The highest BCUT2D eigenvalue weighted by Gasteiger charge is 2.29. The van der Waals surface area contributed by atoms with Gasteiger partial charge in [-0.25, -0.2) is 0 Å². The molecule has 1 aliphatic rings. The predicted molar refractivity (Wildman–Crippen MR) is 73.4 cm³/mol. The van der Waals surface area contributed by atoms with Crippen molar-refractivity contribution in [3.05, 3.63) is 24.0 Å². The number of rotatable bonds is 2. The molecule has 1 aromatic heterocycles. The lowest BCUT2D eigenvalue weighted by atomic mass is 9.75. The minimum Gasteiger partial charge on any atom is -0.369 e. The molecule has 1 aliphatic carbocycles. The van der Waals surface area contributed by atoms with E-state index < -0.39 is 0 Å². The van der Waals surface area contributed by atoms with E-state index >= 15 is 0 Å². The molecule has 18 heavy (non-hydrogen) atoms. The van der Waals surface area contributed by atoms with Crippen LogP contribution in [0, 0.1) is 16.7 Å². The van der Waals surface area contributed by atoms with Crippen LogP contribution in [0.1, 0.15) is 45.1 Å². The molecule has 0 bridgehead atoms. The number of pyridine rings is 1. The Bertz CT molecular complexity index is 449. The Kier molecular flexibility index (Phi) is 3.56. The molecule has 0 spiro atoms. The zero-order valence-electron chi connectivity index (χ0n) is 11.5. The minimum atomic E-state index is 0.477. The summed E-state index contributed by atoms with van der Waals surface area (Å²) in [4.78, 5) is 6.38. The SMILES string of the molecule is CN(c1cnccc1C#N)C1CCC(C)(C)CC1. The van der Waals surface area contributed by atoms with E-state index in [9.17, 15) is 0 Å². The highest BCUT2D eigenvalue weighted by atomic mass is 15.1. The molecule has 1 aromatic rings. The number of hydrogen-bond donors (Lipinski definition) is 0. The van der Waals surface area contributed by atoms with Crippen molar-refractivity contribution in [1.29, 1.82) is 5.26 Å². The molecule has 2 rings (SSSR count). The van der Waals surface area contributed by atoms with E-state index in [2.05, 4.69) is 36.8 Å². The summed E-state index contributed by atoms with van der Waals surface area (Å²) in [5, 5.41) is 9.14. The standard InChI is InChI=1S/C15H21N3/c1-15(2)7-4-13(5-8-15)18(3)14-11-17-9-6-12(14)10-16/h6,9,11,13H,4-5,7-8H2,1-3H3. The van der Waals surface area contributed by atoms with Gasteiger partial charge in [-0.1, -0.05) is 13.8 Å². The number of nitriles is 1. The summed E-state index contributed by atoms with van der Waals surface area (Å²) in [5.41, 5.74) is 2.16. The molecular formula is C15H21N3. The van der Waals surface area contributed by atoms with Crippen LogP contribution in [-0.2, 0) is 0 Å². The Morgan fingerprint density at radius 2 is 2.06 bits per heavy atom. The van der Waals surface area contributed by atoms with Crippen molar-refractivity contribution in [2.24, 2.45) is 5.41 Å². The third-order valence-electron chi connectivity index (χ3n) is 4.16. The van der Waals surface area contributed by atoms with Crippen LogP contribution in [0.4, 0.5) is 5.69 Å². The van der Waals surface area contributed by atoms with Crippen molar-refractivity contribution < 1.29 is 0 Å². The first-order chi connectivity index (χ1) is 8.53. The maximum Gasteiger partial charge on any atom is 0.101 e. The smallest absolute Gasteiger partial charge is 0.101 e. The third-order valence-corrected chi connectivity index (χ3v) is 4.16. The molecule has 1 saturated carbocycles. The van der Waals surface area contributed by atoms with Crippen LogP contribution in [0.15, 0.2) is 18.5 Å². The van der Waals surface area contributed by atoms with Gasteiger partial charge in [-0.2, -0.15) is 5.26 Å². The van der Waals surface area contributed by atoms with Crippen LogP contribution < -0.4 is 4.90 Å². The predicted octanol–water partition coefficient (Wildman–Crippen LogP) is 3.36. The Morgan fingerprint density at radius 3 is 2.67 bits per heavy atom. The molecule has 0 saturated heterocycles. The average Bonchev–Trinajstić information content (AvgIpc) is 2.38. The Morgan fingerprint density at radius 1 is 1.39 bits per heavy atom.